The van der Waals surface area contributed by atoms with Crippen LogP contribution in [0, 0.1) is 6.92 Å². The normalized spacial score (nSPS) is 22.4. The van der Waals surface area contributed by atoms with Crippen LogP contribution in [-0.2, 0) is 9.47 Å². The second-order valence-corrected chi connectivity index (χ2v) is 10.3. The number of hydrogen-bond donors (Lipinski definition) is 0. The Bertz CT molecular complexity index is 968. The van der Waals surface area contributed by atoms with Crippen molar-refractivity contribution in [3.8, 4) is 5.75 Å². The standard InChI is InChI=1S/C28H38N2O4/c1-19(2)32-24-16-26(23-7-6-12-29-18-23)34-28(17-24)10-13-30(14-11-28)27(31)22-8-9-25(21(5)15-22)33-20(3)4/h6-9,12,15,18-20,24,26H,10-11,13-14,16-17H2,1-5H3. The van der Waals surface area contributed by atoms with Crippen molar-refractivity contribution in [1.29, 1.82) is 0 Å². The first-order valence-corrected chi connectivity index (χ1v) is 12.5. The van der Waals surface area contributed by atoms with Gasteiger partial charge in [0.25, 0.3) is 5.91 Å². The number of ether oxygens (including phenoxy) is 3. The molecule has 2 unspecified atom stereocenters. The molecular weight excluding hydrogens is 428 g/mol. The number of nitrogens with zero attached hydrogens (tertiary/aromatic N) is 2. The summed E-state index contributed by atoms with van der Waals surface area (Å²) in [6.07, 6.45) is 7.36. The molecule has 2 saturated heterocycles. The summed E-state index contributed by atoms with van der Waals surface area (Å²) in [6.45, 7) is 11.5. The smallest absolute Gasteiger partial charge is 0.253 e. The van der Waals surface area contributed by atoms with Gasteiger partial charge >= 0.3 is 0 Å². The van der Waals surface area contributed by atoms with Gasteiger partial charge in [-0.3, -0.25) is 9.78 Å². The molecule has 1 aromatic carbocycles. The largest absolute Gasteiger partial charge is 0.491 e. The Morgan fingerprint density at radius 3 is 2.53 bits per heavy atom. The Labute approximate surface area is 203 Å². The molecule has 0 bridgehead atoms. The zero-order valence-corrected chi connectivity index (χ0v) is 21.1. The van der Waals surface area contributed by atoms with Crippen LogP contribution in [0.1, 0.15) is 81.0 Å². The van der Waals surface area contributed by atoms with Gasteiger partial charge in [0.05, 0.1) is 30.0 Å². The fourth-order valence-electron chi connectivity index (χ4n) is 5.18. The summed E-state index contributed by atoms with van der Waals surface area (Å²) in [5.41, 5.74) is 2.51. The molecule has 2 fully saturated rings. The lowest BCUT2D eigenvalue weighted by molar-refractivity contribution is -0.197. The third-order valence-electron chi connectivity index (χ3n) is 6.74. The number of piperidine rings is 1. The summed E-state index contributed by atoms with van der Waals surface area (Å²) in [5, 5.41) is 0. The second-order valence-electron chi connectivity index (χ2n) is 10.3. The highest BCUT2D eigenvalue weighted by molar-refractivity contribution is 5.94. The monoisotopic (exact) mass is 466 g/mol. The molecule has 6 nitrogen and oxygen atoms in total. The minimum atomic E-state index is -0.278. The quantitative estimate of drug-likeness (QED) is 0.563. The van der Waals surface area contributed by atoms with Crippen molar-refractivity contribution in [2.24, 2.45) is 0 Å². The van der Waals surface area contributed by atoms with E-state index in [0.29, 0.717) is 18.7 Å². The lowest BCUT2D eigenvalue weighted by Crippen LogP contribution is -2.52. The highest BCUT2D eigenvalue weighted by Crippen LogP contribution is 2.44. The zero-order chi connectivity index (χ0) is 24.3. The molecule has 2 aliphatic rings. The summed E-state index contributed by atoms with van der Waals surface area (Å²) in [5.74, 6) is 0.904. The van der Waals surface area contributed by atoms with E-state index in [1.54, 1.807) is 6.20 Å². The van der Waals surface area contributed by atoms with Gasteiger partial charge in [-0.1, -0.05) is 6.07 Å². The molecule has 0 aliphatic carbocycles. The van der Waals surface area contributed by atoms with Crippen LogP contribution in [0.15, 0.2) is 42.7 Å². The van der Waals surface area contributed by atoms with E-state index < -0.39 is 0 Å². The predicted octanol–water partition coefficient (Wildman–Crippen LogP) is 5.50. The van der Waals surface area contributed by atoms with Crippen LogP contribution < -0.4 is 4.74 Å². The molecule has 1 amide bonds. The van der Waals surface area contributed by atoms with Crippen LogP contribution >= 0.6 is 0 Å². The number of amides is 1. The molecule has 0 saturated carbocycles. The molecule has 2 aliphatic heterocycles. The van der Waals surface area contributed by atoms with Crippen molar-refractivity contribution in [2.45, 2.75) is 90.3 Å². The Morgan fingerprint density at radius 1 is 1.15 bits per heavy atom. The van der Waals surface area contributed by atoms with E-state index in [1.807, 2.05) is 56.1 Å². The first-order chi connectivity index (χ1) is 16.2. The lowest BCUT2D eigenvalue weighted by atomic mass is 9.80. The SMILES string of the molecule is Cc1cc(C(=O)N2CCC3(CC2)CC(OC(C)C)CC(c2cccnc2)O3)ccc1OC(C)C. The van der Waals surface area contributed by atoms with Crippen LogP contribution in [-0.4, -0.2) is 52.8 Å². The third kappa shape index (κ3) is 5.78. The maximum absolute atomic E-state index is 13.3. The van der Waals surface area contributed by atoms with Crippen molar-refractivity contribution in [3.63, 3.8) is 0 Å². The fourth-order valence-corrected chi connectivity index (χ4v) is 5.18. The van der Waals surface area contributed by atoms with E-state index in [-0.39, 0.29) is 35.9 Å². The predicted molar refractivity (Wildman–Crippen MR) is 132 cm³/mol. The Balaban J connectivity index is 1.45. The van der Waals surface area contributed by atoms with E-state index in [0.717, 1.165) is 42.6 Å². The molecular formula is C28H38N2O4. The number of likely N-dealkylation sites (tertiary alicyclic amines) is 1. The molecule has 2 aromatic rings. The van der Waals surface area contributed by atoms with Crippen LogP contribution in [0.2, 0.25) is 0 Å². The van der Waals surface area contributed by atoms with E-state index in [1.165, 1.54) is 0 Å². The van der Waals surface area contributed by atoms with Crippen molar-refractivity contribution in [3.05, 3.63) is 59.4 Å². The van der Waals surface area contributed by atoms with Gasteiger partial charge in [-0.05, 0) is 82.9 Å². The Kier molecular flexibility index (Phi) is 7.58. The van der Waals surface area contributed by atoms with Crippen molar-refractivity contribution in [2.75, 3.05) is 13.1 Å². The molecule has 6 heteroatoms. The Morgan fingerprint density at radius 2 is 1.91 bits per heavy atom. The Hall–Kier alpha value is -2.44. The van der Waals surface area contributed by atoms with Crippen molar-refractivity contribution < 1.29 is 19.0 Å². The number of carbonyl (C=O) groups excluding carboxylic acids is 1. The van der Waals surface area contributed by atoms with Gasteiger partial charge in [-0.2, -0.15) is 0 Å². The number of benzene rings is 1. The maximum Gasteiger partial charge on any atom is 0.253 e. The highest BCUT2D eigenvalue weighted by atomic mass is 16.5. The van der Waals surface area contributed by atoms with Crippen molar-refractivity contribution >= 4 is 5.91 Å². The van der Waals surface area contributed by atoms with Gasteiger partial charge < -0.3 is 19.1 Å². The summed E-state index contributed by atoms with van der Waals surface area (Å²) < 4.78 is 18.8. The zero-order valence-electron chi connectivity index (χ0n) is 21.1. The lowest BCUT2D eigenvalue weighted by Gasteiger charge is -2.49. The number of aromatic nitrogens is 1. The second kappa shape index (κ2) is 10.4. The fraction of sp³-hybridized carbons (Fsp3) is 0.571. The molecule has 3 heterocycles. The van der Waals surface area contributed by atoms with Gasteiger partial charge in [0, 0.05) is 43.9 Å². The number of hydrogen-bond acceptors (Lipinski definition) is 5. The van der Waals surface area contributed by atoms with Gasteiger partial charge in [-0.15, -0.1) is 0 Å². The maximum atomic E-state index is 13.3. The summed E-state index contributed by atoms with van der Waals surface area (Å²) in [7, 11) is 0. The minimum absolute atomic E-state index is 0.0374. The average Bonchev–Trinajstić information content (AvgIpc) is 2.80. The topological polar surface area (TPSA) is 60.9 Å². The number of carbonyl (C=O) groups is 1. The summed E-state index contributed by atoms with van der Waals surface area (Å²) in [6, 6.07) is 9.76. The molecule has 34 heavy (non-hydrogen) atoms. The summed E-state index contributed by atoms with van der Waals surface area (Å²) in [4.78, 5) is 19.5. The van der Waals surface area contributed by atoms with E-state index >= 15 is 0 Å². The number of rotatable bonds is 6. The average molecular weight is 467 g/mol. The minimum Gasteiger partial charge on any atom is -0.491 e. The van der Waals surface area contributed by atoms with Gasteiger partial charge in [0.2, 0.25) is 0 Å². The van der Waals surface area contributed by atoms with Crippen LogP contribution in [0.25, 0.3) is 0 Å². The molecule has 2 atom stereocenters. The third-order valence-corrected chi connectivity index (χ3v) is 6.74. The number of aryl methyl sites for hydroxylation is 1. The molecule has 4 rings (SSSR count). The molecule has 184 valence electrons. The van der Waals surface area contributed by atoms with Gasteiger partial charge in [0.1, 0.15) is 5.75 Å². The van der Waals surface area contributed by atoms with Crippen LogP contribution in [0.5, 0.6) is 5.75 Å². The molecule has 0 radical (unpaired) electrons. The van der Waals surface area contributed by atoms with Gasteiger partial charge in [-0.25, -0.2) is 0 Å². The van der Waals surface area contributed by atoms with E-state index in [4.69, 9.17) is 14.2 Å². The number of pyridine rings is 1. The van der Waals surface area contributed by atoms with Gasteiger partial charge in [0.15, 0.2) is 0 Å². The summed E-state index contributed by atoms with van der Waals surface area (Å²) >= 11 is 0. The van der Waals surface area contributed by atoms with Crippen molar-refractivity contribution in [1.82, 2.24) is 9.88 Å². The molecule has 0 N–H and O–H groups in total. The van der Waals surface area contributed by atoms with Crippen LogP contribution in [0.4, 0.5) is 0 Å². The van der Waals surface area contributed by atoms with E-state index in [2.05, 4.69) is 24.9 Å². The first kappa shape index (κ1) is 24.7. The van der Waals surface area contributed by atoms with E-state index in [9.17, 15) is 4.79 Å². The molecule has 1 aromatic heterocycles. The van der Waals surface area contributed by atoms with Crippen LogP contribution in [0.3, 0.4) is 0 Å². The molecule has 1 spiro atoms. The highest BCUT2D eigenvalue weighted by Gasteiger charge is 2.45. The first-order valence-electron chi connectivity index (χ1n) is 12.5.